The Bertz CT molecular complexity index is 873. The van der Waals surface area contributed by atoms with Gasteiger partial charge in [-0.1, -0.05) is 6.07 Å². The lowest BCUT2D eigenvalue weighted by atomic mass is 10.2. The first-order valence-electron chi connectivity index (χ1n) is 8.55. The molecule has 1 aliphatic rings. The van der Waals surface area contributed by atoms with Crippen molar-refractivity contribution in [2.45, 2.75) is 32.5 Å². The number of benzene rings is 1. The quantitative estimate of drug-likeness (QED) is 0.772. The molecule has 0 radical (unpaired) electrons. The van der Waals surface area contributed by atoms with Crippen LogP contribution in [0.15, 0.2) is 28.8 Å². The number of hydrogen-bond acceptors (Lipinski definition) is 5. The lowest BCUT2D eigenvalue weighted by molar-refractivity contribution is 0.203. The summed E-state index contributed by atoms with van der Waals surface area (Å²) < 4.78 is 19.3. The number of likely N-dealkylation sites (N-methyl/N-ethyl adjacent to an activating group) is 1. The fourth-order valence-corrected chi connectivity index (χ4v) is 3.47. The van der Waals surface area contributed by atoms with Gasteiger partial charge in [-0.25, -0.2) is 14.4 Å². The molecule has 1 saturated heterocycles. The van der Waals surface area contributed by atoms with E-state index in [4.69, 9.17) is 4.42 Å². The van der Waals surface area contributed by atoms with E-state index in [9.17, 15) is 4.39 Å². The molecule has 1 N–H and O–H groups in total. The zero-order chi connectivity index (χ0) is 17.4. The summed E-state index contributed by atoms with van der Waals surface area (Å²) >= 11 is 0. The predicted octanol–water partition coefficient (Wildman–Crippen LogP) is 2.70. The molecule has 7 heteroatoms. The van der Waals surface area contributed by atoms with Gasteiger partial charge < -0.3 is 9.40 Å². The Hall–Kier alpha value is -2.25. The summed E-state index contributed by atoms with van der Waals surface area (Å²) in [6.45, 7) is 5.28. The van der Waals surface area contributed by atoms with Crippen molar-refractivity contribution in [1.29, 1.82) is 0 Å². The van der Waals surface area contributed by atoms with Crippen LogP contribution in [0.1, 0.15) is 23.9 Å². The van der Waals surface area contributed by atoms with E-state index in [2.05, 4.69) is 31.8 Å². The fourth-order valence-electron chi connectivity index (χ4n) is 3.47. The van der Waals surface area contributed by atoms with Crippen LogP contribution in [0, 0.1) is 12.7 Å². The van der Waals surface area contributed by atoms with Gasteiger partial charge in [0.25, 0.3) is 0 Å². The number of hydrogen-bond donors (Lipinski definition) is 1. The number of aryl methyl sites for hydroxylation is 1. The summed E-state index contributed by atoms with van der Waals surface area (Å²) in [6, 6.07) is 5.45. The minimum Gasteiger partial charge on any atom is -0.445 e. The van der Waals surface area contributed by atoms with Crippen LogP contribution in [-0.4, -0.2) is 50.9 Å². The monoisotopic (exact) mass is 343 g/mol. The third kappa shape index (κ3) is 3.43. The van der Waals surface area contributed by atoms with E-state index >= 15 is 0 Å². The molecule has 1 atom stereocenters. The van der Waals surface area contributed by atoms with Crippen LogP contribution >= 0.6 is 0 Å². The van der Waals surface area contributed by atoms with Crippen molar-refractivity contribution in [3.05, 3.63) is 47.7 Å². The van der Waals surface area contributed by atoms with Gasteiger partial charge in [0.15, 0.2) is 5.82 Å². The third-order valence-corrected chi connectivity index (χ3v) is 4.81. The molecule has 1 fully saturated rings. The zero-order valence-electron chi connectivity index (χ0n) is 14.5. The number of imidazole rings is 1. The SMILES string of the molecule is Cc1cnc(CN(C)[C@H]2CCN(Cc3nc4c(F)cccc4[nH]3)C2)o1. The number of aromatic amines is 1. The summed E-state index contributed by atoms with van der Waals surface area (Å²) in [4.78, 5) is 16.5. The van der Waals surface area contributed by atoms with Gasteiger partial charge in [0, 0.05) is 19.1 Å². The molecule has 3 heterocycles. The first kappa shape index (κ1) is 16.2. The van der Waals surface area contributed by atoms with Gasteiger partial charge >= 0.3 is 0 Å². The minimum atomic E-state index is -0.278. The Morgan fingerprint density at radius 1 is 1.44 bits per heavy atom. The largest absolute Gasteiger partial charge is 0.445 e. The van der Waals surface area contributed by atoms with Crippen LogP contribution in [0.5, 0.6) is 0 Å². The van der Waals surface area contributed by atoms with E-state index < -0.39 is 0 Å². The molecule has 0 aliphatic carbocycles. The van der Waals surface area contributed by atoms with Crippen LogP contribution in [0.25, 0.3) is 11.0 Å². The number of oxazole rings is 1. The highest BCUT2D eigenvalue weighted by molar-refractivity contribution is 5.75. The van der Waals surface area contributed by atoms with E-state index in [1.807, 2.05) is 13.0 Å². The van der Waals surface area contributed by atoms with Gasteiger partial charge in [0.2, 0.25) is 5.89 Å². The molecule has 3 aromatic rings. The third-order valence-electron chi connectivity index (χ3n) is 4.81. The van der Waals surface area contributed by atoms with Crippen molar-refractivity contribution in [2.24, 2.45) is 0 Å². The van der Waals surface area contributed by atoms with Crippen molar-refractivity contribution in [3.63, 3.8) is 0 Å². The maximum atomic E-state index is 13.8. The highest BCUT2D eigenvalue weighted by Gasteiger charge is 2.27. The topological polar surface area (TPSA) is 61.2 Å². The summed E-state index contributed by atoms with van der Waals surface area (Å²) in [6.07, 6.45) is 2.84. The average molecular weight is 343 g/mol. The van der Waals surface area contributed by atoms with Gasteiger partial charge in [0.05, 0.1) is 24.8 Å². The molecule has 4 rings (SSSR count). The number of para-hydroxylation sites is 1. The van der Waals surface area contributed by atoms with E-state index in [1.165, 1.54) is 6.07 Å². The molecule has 0 unspecified atom stereocenters. The van der Waals surface area contributed by atoms with Gasteiger partial charge in [-0.15, -0.1) is 0 Å². The molecule has 1 aliphatic heterocycles. The number of rotatable bonds is 5. The Balaban J connectivity index is 1.37. The molecule has 0 saturated carbocycles. The number of nitrogens with one attached hydrogen (secondary N) is 1. The molecule has 25 heavy (non-hydrogen) atoms. The molecule has 0 amide bonds. The molecule has 0 spiro atoms. The van der Waals surface area contributed by atoms with Gasteiger partial charge in [-0.2, -0.15) is 0 Å². The summed E-state index contributed by atoms with van der Waals surface area (Å²) in [5.41, 5.74) is 1.17. The van der Waals surface area contributed by atoms with Crippen molar-refractivity contribution >= 4 is 11.0 Å². The molecule has 132 valence electrons. The van der Waals surface area contributed by atoms with Crippen LogP contribution in [-0.2, 0) is 13.1 Å². The lowest BCUT2D eigenvalue weighted by Crippen LogP contribution is -2.34. The summed E-state index contributed by atoms with van der Waals surface area (Å²) in [5.74, 6) is 2.13. The van der Waals surface area contributed by atoms with Crippen molar-refractivity contribution in [1.82, 2.24) is 24.8 Å². The number of H-pyrrole nitrogens is 1. The number of aromatic nitrogens is 3. The molecule has 6 nitrogen and oxygen atoms in total. The van der Waals surface area contributed by atoms with Crippen molar-refractivity contribution in [2.75, 3.05) is 20.1 Å². The smallest absolute Gasteiger partial charge is 0.208 e. The highest BCUT2D eigenvalue weighted by atomic mass is 19.1. The van der Waals surface area contributed by atoms with E-state index in [1.54, 1.807) is 12.3 Å². The maximum absolute atomic E-state index is 13.8. The second-order valence-corrected chi connectivity index (χ2v) is 6.78. The number of likely N-dealkylation sites (tertiary alicyclic amines) is 1. The van der Waals surface area contributed by atoms with Gasteiger partial charge in [-0.05, 0) is 32.5 Å². The Morgan fingerprint density at radius 3 is 3.08 bits per heavy atom. The van der Waals surface area contributed by atoms with Crippen molar-refractivity contribution in [3.8, 4) is 0 Å². The summed E-state index contributed by atoms with van der Waals surface area (Å²) in [7, 11) is 2.10. The Morgan fingerprint density at radius 2 is 2.32 bits per heavy atom. The number of nitrogens with zero attached hydrogens (tertiary/aromatic N) is 4. The molecule has 0 bridgehead atoms. The lowest BCUT2D eigenvalue weighted by Gasteiger charge is -2.23. The first-order valence-corrected chi connectivity index (χ1v) is 8.55. The molecule has 2 aromatic heterocycles. The fraction of sp³-hybridized carbons (Fsp3) is 0.444. The van der Waals surface area contributed by atoms with E-state index in [-0.39, 0.29) is 5.82 Å². The second kappa shape index (κ2) is 6.57. The summed E-state index contributed by atoms with van der Waals surface area (Å²) in [5, 5.41) is 0. The predicted molar refractivity (Wildman–Crippen MR) is 92.4 cm³/mol. The van der Waals surface area contributed by atoms with Gasteiger partial charge in [0.1, 0.15) is 17.1 Å². The van der Waals surface area contributed by atoms with Crippen LogP contribution in [0.4, 0.5) is 4.39 Å². The zero-order valence-corrected chi connectivity index (χ0v) is 14.5. The van der Waals surface area contributed by atoms with E-state index in [0.717, 1.165) is 42.5 Å². The number of fused-ring (bicyclic) bond motifs is 1. The standard InChI is InChI=1S/C18H22FN5O/c1-12-8-20-17(25-12)11-23(2)13-6-7-24(9-13)10-16-21-15-5-3-4-14(19)18(15)22-16/h3-5,8,13H,6-7,9-11H2,1-2H3,(H,21,22)/t13-/m0/s1. The van der Waals surface area contributed by atoms with Gasteiger partial charge in [-0.3, -0.25) is 9.80 Å². The molecule has 1 aromatic carbocycles. The van der Waals surface area contributed by atoms with E-state index in [0.29, 0.717) is 24.6 Å². The Labute approximate surface area is 145 Å². The second-order valence-electron chi connectivity index (χ2n) is 6.78. The maximum Gasteiger partial charge on any atom is 0.208 e. The first-order chi connectivity index (χ1) is 12.1. The number of halogens is 1. The normalized spacial score (nSPS) is 18.6. The van der Waals surface area contributed by atoms with Crippen LogP contribution < -0.4 is 0 Å². The van der Waals surface area contributed by atoms with Crippen LogP contribution in [0.3, 0.4) is 0 Å². The average Bonchev–Trinajstić information content (AvgIpc) is 3.28. The minimum absolute atomic E-state index is 0.278. The molecular formula is C18H22FN5O. The Kier molecular flexibility index (Phi) is 4.27. The highest BCUT2D eigenvalue weighted by Crippen LogP contribution is 2.20. The van der Waals surface area contributed by atoms with Crippen molar-refractivity contribution < 1.29 is 8.81 Å². The molecular weight excluding hydrogens is 321 g/mol. The van der Waals surface area contributed by atoms with Crippen LogP contribution in [0.2, 0.25) is 0 Å².